The zero-order valence-electron chi connectivity index (χ0n) is 14.2. The highest BCUT2D eigenvalue weighted by Gasteiger charge is 2.15. The van der Waals surface area contributed by atoms with E-state index in [9.17, 15) is 14.4 Å². The predicted molar refractivity (Wildman–Crippen MR) is 103 cm³/mol. The lowest BCUT2D eigenvalue weighted by Crippen LogP contribution is -2.15. The summed E-state index contributed by atoms with van der Waals surface area (Å²) in [5.74, 6) is -1.37. The number of anilines is 1. The maximum absolute atomic E-state index is 12.4. The summed E-state index contributed by atoms with van der Waals surface area (Å²) in [6.07, 6.45) is 0. The number of thiophene rings is 1. The Hall–Kier alpha value is -3.45. The van der Waals surface area contributed by atoms with Crippen LogP contribution in [0.2, 0.25) is 0 Å². The Kier molecular flexibility index (Phi) is 5.63. The van der Waals surface area contributed by atoms with Crippen LogP contribution in [0.15, 0.2) is 65.4 Å². The molecule has 0 saturated heterocycles. The van der Waals surface area contributed by atoms with Gasteiger partial charge in [0, 0.05) is 10.9 Å². The third kappa shape index (κ3) is 4.59. The Morgan fingerprint density at radius 1 is 0.963 bits per heavy atom. The number of primary amides is 1. The molecule has 136 valence electrons. The first-order valence-electron chi connectivity index (χ1n) is 8.03. The van der Waals surface area contributed by atoms with Crippen LogP contribution in [0.5, 0.6) is 0 Å². The largest absolute Gasteiger partial charge is 0.457 e. The third-order valence-electron chi connectivity index (χ3n) is 3.79. The second-order valence-electron chi connectivity index (χ2n) is 5.65. The van der Waals surface area contributed by atoms with Gasteiger partial charge in [0.1, 0.15) is 6.61 Å². The fourth-order valence-electron chi connectivity index (χ4n) is 2.35. The molecule has 27 heavy (non-hydrogen) atoms. The van der Waals surface area contributed by atoms with Crippen LogP contribution >= 0.6 is 11.3 Å². The monoisotopic (exact) mass is 380 g/mol. The quantitative estimate of drug-likeness (QED) is 0.640. The summed E-state index contributed by atoms with van der Waals surface area (Å²) in [6.45, 7) is 0.0324. The molecule has 0 spiro atoms. The van der Waals surface area contributed by atoms with Crippen molar-refractivity contribution >= 4 is 34.8 Å². The molecule has 2 aromatic carbocycles. The van der Waals surface area contributed by atoms with Crippen molar-refractivity contribution in [3.63, 3.8) is 0 Å². The number of carbonyl (C=O) groups is 3. The van der Waals surface area contributed by atoms with E-state index in [0.29, 0.717) is 22.4 Å². The molecular formula is C20H16N2O4S. The Morgan fingerprint density at radius 3 is 2.37 bits per heavy atom. The van der Waals surface area contributed by atoms with Crippen LogP contribution in [-0.2, 0) is 11.3 Å². The molecule has 0 aliphatic heterocycles. The van der Waals surface area contributed by atoms with Crippen LogP contribution in [0.3, 0.4) is 0 Å². The highest BCUT2D eigenvalue weighted by molar-refractivity contribution is 7.08. The maximum Gasteiger partial charge on any atom is 0.340 e. The molecule has 1 aromatic heterocycles. The van der Waals surface area contributed by atoms with E-state index in [1.165, 1.54) is 11.3 Å². The van der Waals surface area contributed by atoms with E-state index in [2.05, 4.69) is 5.32 Å². The van der Waals surface area contributed by atoms with Gasteiger partial charge < -0.3 is 15.8 Å². The lowest BCUT2D eigenvalue weighted by atomic mass is 10.1. The Morgan fingerprint density at radius 2 is 1.70 bits per heavy atom. The van der Waals surface area contributed by atoms with Gasteiger partial charge in [-0.2, -0.15) is 11.3 Å². The summed E-state index contributed by atoms with van der Waals surface area (Å²) in [5, 5.41) is 6.26. The predicted octanol–water partition coefficient (Wildman–Crippen LogP) is 3.46. The van der Waals surface area contributed by atoms with Gasteiger partial charge in [0.2, 0.25) is 5.91 Å². The number of ether oxygens (including phenoxy) is 1. The van der Waals surface area contributed by atoms with Gasteiger partial charge in [0.05, 0.1) is 16.8 Å². The topological polar surface area (TPSA) is 98.5 Å². The number of benzene rings is 2. The SMILES string of the molecule is NC(=O)c1ccc(COC(=O)c2ccccc2NC(=O)c2ccsc2)cc1. The molecule has 0 bridgehead atoms. The van der Waals surface area contributed by atoms with Crippen molar-refractivity contribution in [3.8, 4) is 0 Å². The van der Waals surface area contributed by atoms with Crippen molar-refractivity contribution < 1.29 is 19.1 Å². The molecule has 0 atom stereocenters. The smallest absolute Gasteiger partial charge is 0.340 e. The standard InChI is InChI=1S/C20H16N2O4S/c21-18(23)14-7-5-13(6-8-14)11-26-20(25)16-3-1-2-4-17(16)22-19(24)15-9-10-27-12-15/h1-10,12H,11H2,(H2,21,23)(H,22,24). The van der Waals surface area contributed by atoms with E-state index in [-0.39, 0.29) is 18.1 Å². The Labute approximate surface area is 159 Å². The highest BCUT2D eigenvalue weighted by Crippen LogP contribution is 2.19. The number of rotatable bonds is 6. The number of nitrogens with one attached hydrogen (secondary N) is 1. The van der Waals surface area contributed by atoms with Crippen LogP contribution < -0.4 is 11.1 Å². The fraction of sp³-hybridized carbons (Fsp3) is 0.0500. The summed E-state index contributed by atoms with van der Waals surface area (Å²) in [6, 6.07) is 14.8. The van der Waals surface area contributed by atoms with Gasteiger partial charge in [0.25, 0.3) is 5.91 Å². The van der Waals surface area contributed by atoms with Crippen molar-refractivity contribution in [3.05, 3.63) is 87.6 Å². The van der Waals surface area contributed by atoms with E-state index in [1.54, 1.807) is 65.4 Å². The zero-order valence-corrected chi connectivity index (χ0v) is 15.0. The van der Waals surface area contributed by atoms with Crippen molar-refractivity contribution in [1.29, 1.82) is 0 Å². The lowest BCUT2D eigenvalue weighted by Gasteiger charge is -2.11. The fourth-order valence-corrected chi connectivity index (χ4v) is 2.99. The average molecular weight is 380 g/mol. The zero-order chi connectivity index (χ0) is 19.2. The third-order valence-corrected chi connectivity index (χ3v) is 4.47. The normalized spacial score (nSPS) is 10.2. The van der Waals surface area contributed by atoms with Gasteiger partial charge in [-0.25, -0.2) is 4.79 Å². The first kappa shape index (κ1) is 18.3. The molecule has 0 radical (unpaired) electrons. The number of esters is 1. The Balaban J connectivity index is 1.68. The molecule has 3 rings (SSSR count). The van der Waals surface area contributed by atoms with Crippen LogP contribution in [-0.4, -0.2) is 17.8 Å². The molecule has 7 heteroatoms. The molecular weight excluding hydrogens is 364 g/mol. The molecule has 3 aromatic rings. The van der Waals surface area contributed by atoms with Gasteiger partial charge in [-0.3, -0.25) is 9.59 Å². The van der Waals surface area contributed by atoms with Gasteiger partial charge >= 0.3 is 5.97 Å². The molecule has 0 unspecified atom stereocenters. The number of hydrogen-bond acceptors (Lipinski definition) is 5. The van der Waals surface area contributed by atoms with Gasteiger partial charge in [-0.1, -0.05) is 24.3 Å². The van der Waals surface area contributed by atoms with Crippen LogP contribution in [0.4, 0.5) is 5.69 Å². The molecule has 0 aliphatic carbocycles. The second kappa shape index (κ2) is 8.29. The van der Waals surface area contributed by atoms with E-state index >= 15 is 0 Å². The van der Waals surface area contributed by atoms with E-state index in [1.807, 2.05) is 0 Å². The average Bonchev–Trinajstić information content (AvgIpc) is 3.22. The van der Waals surface area contributed by atoms with Crippen LogP contribution in [0, 0.1) is 0 Å². The summed E-state index contributed by atoms with van der Waals surface area (Å²) >= 11 is 1.42. The van der Waals surface area contributed by atoms with E-state index in [4.69, 9.17) is 10.5 Å². The minimum Gasteiger partial charge on any atom is -0.457 e. The van der Waals surface area contributed by atoms with Crippen LogP contribution in [0.25, 0.3) is 0 Å². The van der Waals surface area contributed by atoms with Crippen molar-refractivity contribution in [2.45, 2.75) is 6.61 Å². The van der Waals surface area contributed by atoms with Gasteiger partial charge in [-0.05, 0) is 41.3 Å². The first-order valence-corrected chi connectivity index (χ1v) is 8.97. The van der Waals surface area contributed by atoms with E-state index in [0.717, 1.165) is 0 Å². The summed E-state index contributed by atoms with van der Waals surface area (Å²) < 4.78 is 5.32. The second-order valence-corrected chi connectivity index (χ2v) is 6.43. The summed E-state index contributed by atoms with van der Waals surface area (Å²) in [4.78, 5) is 35.7. The minimum atomic E-state index is -0.560. The molecule has 1 heterocycles. The molecule has 3 N–H and O–H groups in total. The number of nitrogens with two attached hydrogens (primary N) is 1. The number of carbonyl (C=O) groups excluding carboxylic acids is 3. The number of hydrogen-bond donors (Lipinski definition) is 2. The van der Waals surface area contributed by atoms with Gasteiger partial charge in [-0.15, -0.1) is 0 Å². The first-order chi connectivity index (χ1) is 13.0. The van der Waals surface area contributed by atoms with Crippen LogP contribution in [0.1, 0.15) is 36.6 Å². The number of amides is 2. The van der Waals surface area contributed by atoms with Gasteiger partial charge in [0.15, 0.2) is 0 Å². The molecule has 0 aliphatic rings. The molecule has 2 amide bonds. The summed E-state index contributed by atoms with van der Waals surface area (Å²) in [7, 11) is 0. The molecule has 0 saturated carbocycles. The Bertz CT molecular complexity index is 966. The number of para-hydroxylation sites is 1. The lowest BCUT2D eigenvalue weighted by molar-refractivity contribution is 0.0473. The highest BCUT2D eigenvalue weighted by atomic mass is 32.1. The molecule has 6 nitrogen and oxygen atoms in total. The van der Waals surface area contributed by atoms with E-state index < -0.39 is 11.9 Å². The maximum atomic E-state index is 12.4. The van der Waals surface area contributed by atoms with Crippen molar-refractivity contribution in [1.82, 2.24) is 0 Å². The van der Waals surface area contributed by atoms with Crippen molar-refractivity contribution in [2.24, 2.45) is 5.73 Å². The minimum absolute atomic E-state index is 0.0324. The van der Waals surface area contributed by atoms with Crippen molar-refractivity contribution in [2.75, 3.05) is 5.32 Å². The molecule has 0 fully saturated rings. The summed E-state index contributed by atoms with van der Waals surface area (Å²) in [5.41, 5.74) is 7.45.